The van der Waals surface area contributed by atoms with Gasteiger partial charge in [0.2, 0.25) is 5.91 Å². The summed E-state index contributed by atoms with van der Waals surface area (Å²) in [6, 6.07) is -0.849. The molecule has 74 valence electrons. The van der Waals surface area contributed by atoms with Crippen LogP contribution >= 0.6 is 0 Å². The summed E-state index contributed by atoms with van der Waals surface area (Å²) in [5.74, 6) is -1.38. The second kappa shape index (κ2) is 6.19. The Hall–Kier alpha value is -1.36. The van der Waals surface area contributed by atoms with Gasteiger partial charge in [-0.05, 0) is 6.92 Å². The van der Waals surface area contributed by atoms with Crippen molar-refractivity contribution in [2.75, 3.05) is 13.1 Å². The molecule has 0 aliphatic rings. The molecule has 0 saturated carbocycles. The molecule has 13 heavy (non-hydrogen) atoms. The van der Waals surface area contributed by atoms with E-state index in [4.69, 9.17) is 5.11 Å². The van der Waals surface area contributed by atoms with E-state index in [9.17, 15) is 9.59 Å². The lowest BCUT2D eigenvalue weighted by atomic mass is 10.3. The van der Waals surface area contributed by atoms with Gasteiger partial charge in [0, 0.05) is 6.54 Å². The van der Waals surface area contributed by atoms with Gasteiger partial charge in [0.25, 0.3) is 0 Å². The van der Waals surface area contributed by atoms with Gasteiger partial charge in [-0.2, -0.15) is 0 Å². The Morgan fingerprint density at radius 3 is 2.69 bits per heavy atom. The number of aliphatic carboxylic acids is 1. The quantitative estimate of drug-likeness (QED) is 0.380. The normalized spacial score (nSPS) is 11.8. The summed E-state index contributed by atoms with van der Waals surface area (Å²) >= 11 is 0. The molecule has 5 heteroatoms. The molecule has 0 aromatic rings. The number of nitrogens with one attached hydrogen (secondary N) is 2. The minimum absolute atomic E-state index is 0.101. The molecule has 3 N–H and O–H groups in total. The predicted molar refractivity (Wildman–Crippen MR) is 48.3 cm³/mol. The Labute approximate surface area is 76.8 Å². The van der Waals surface area contributed by atoms with Gasteiger partial charge < -0.3 is 15.7 Å². The van der Waals surface area contributed by atoms with Gasteiger partial charge in [0.15, 0.2) is 0 Å². The van der Waals surface area contributed by atoms with E-state index in [2.05, 4.69) is 17.2 Å². The van der Waals surface area contributed by atoms with Crippen molar-refractivity contribution in [3.05, 3.63) is 12.7 Å². The van der Waals surface area contributed by atoms with Gasteiger partial charge in [-0.3, -0.25) is 9.59 Å². The van der Waals surface area contributed by atoms with Crippen LogP contribution in [0, 0.1) is 0 Å². The van der Waals surface area contributed by atoms with E-state index in [-0.39, 0.29) is 12.5 Å². The fraction of sp³-hybridized carbons (Fsp3) is 0.500. The van der Waals surface area contributed by atoms with E-state index in [1.165, 1.54) is 6.92 Å². The van der Waals surface area contributed by atoms with Crippen LogP contribution in [0.1, 0.15) is 6.92 Å². The highest BCUT2D eigenvalue weighted by atomic mass is 16.4. The second-order valence-electron chi connectivity index (χ2n) is 2.55. The van der Waals surface area contributed by atoms with Gasteiger partial charge in [-0.1, -0.05) is 6.08 Å². The zero-order chi connectivity index (χ0) is 10.3. The monoisotopic (exact) mass is 186 g/mol. The van der Waals surface area contributed by atoms with Gasteiger partial charge in [-0.15, -0.1) is 6.58 Å². The van der Waals surface area contributed by atoms with Crippen LogP contribution in [-0.2, 0) is 9.59 Å². The zero-order valence-corrected chi connectivity index (χ0v) is 7.54. The maximum absolute atomic E-state index is 11.0. The molecule has 0 aromatic heterocycles. The zero-order valence-electron chi connectivity index (χ0n) is 7.54. The summed E-state index contributed by atoms with van der Waals surface area (Å²) in [6.45, 7) is 5.49. The third kappa shape index (κ3) is 5.86. The van der Waals surface area contributed by atoms with E-state index in [0.29, 0.717) is 6.54 Å². The topological polar surface area (TPSA) is 78.4 Å². The highest BCUT2D eigenvalue weighted by molar-refractivity contribution is 5.84. The lowest BCUT2D eigenvalue weighted by molar-refractivity contribution is -0.141. The van der Waals surface area contributed by atoms with Crippen LogP contribution in [0.3, 0.4) is 0 Å². The second-order valence-corrected chi connectivity index (χ2v) is 2.55. The molecule has 0 aromatic carbocycles. The molecule has 0 heterocycles. The van der Waals surface area contributed by atoms with E-state index in [1.807, 2.05) is 0 Å². The molecule has 0 saturated heterocycles. The molecule has 0 fully saturated rings. The summed E-state index contributed by atoms with van der Waals surface area (Å²) in [5, 5.41) is 13.5. The van der Waals surface area contributed by atoms with Crippen LogP contribution in [0.2, 0.25) is 0 Å². The predicted octanol–water partition coefficient (Wildman–Crippen LogP) is -0.649. The number of hydrogen-bond acceptors (Lipinski definition) is 3. The van der Waals surface area contributed by atoms with Crippen molar-refractivity contribution in [2.45, 2.75) is 13.0 Å². The highest BCUT2D eigenvalue weighted by Crippen LogP contribution is 1.79. The number of rotatable bonds is 6. The van der Waals surface area contributed by atoms with Crippen LogP contribution < -0.4 is 10.6 Å². The largest absolute Gasteiger partial charge is 0.480 e. The van der Waals surface area contributed by atoms with Crippen molar-refractivity contribution in [2.24, 2.45) is 0 Å². The van der Waals surface area contributed by atoms with Crippen LogP contribution in [0.5, 0.6) is 0 Å². The minimum atomic E-state index is -1.04. The van der Waals surface area contributed by atoms with E-state index in [0.717, 1.165) is 0 Å². The summed E-state index contributed by atoms with van der Waals surface area (Å²) in [5.41, 5.74) is 0. The highest BCUT2D eigenvalue weighted by Gasteiger charge is 2.12. The summed E-state index contributed by atoms with van der Waals surface area (Å²) in [4.78, 5) is 21.3. The molecule has 1 atom stereocenters. The van der Waals surface area contributed by atoms with E-state index >= 15 is 0 Å². The molecule has 5 nitrogen and oxygen atoms in total. The van der Waals surface area contributed by atoms with Crippen LogP contribution in [-0.4, -0.2) is 36.1 Å². The van der Waals surface area contributed by atoms with Gasteiger partial charge in [0.1, 0.15) is 6.04 Å². The molecule has 0 bridgehead atoms. The summed E-state index contributed by atoms with van der Waals surface area (Å²) in [7, 11) is 0. The average Bonchev–Trinajstić information content (AvgIpc) is 2.04. The molecule has 1 amide bonds. The first-order chi connectivity index (χ1) is 6.07. The Bertz CT molecular complexity index is 204. The van der Waals surface area contributed by atoms with Crippen molar-refractivity contribution >= 4 is 11.9 Å². The number of carbonyl (C=O) groups is 2. The van der Waals surface area contributed by atoms with E-state index < -0.39 is 12.0 Å². The molecular formula is C8H14N2O3. The molecular weight excluding hydrogens is 172 g/mol. The van der Waals surface area contributed by atoms with Crippen molar-refractivity contribution in [1.29, 1.82) is 0 Å². The number of carbonyl (C=O) groups excluding carboxylic acids is 1. The van der Waals surface area contributed by atoms with Gasteiger partial charge >= 0.3 is 5.97 Å². The van der Waals surface area contributed by atoms with Crippen molar-refractivity contribution in [3.63, 3.8) is 0 Å². The van der Waals surface area contributed by atoms with E-state index in [1.54, 1.807) is 6.08 Å². The Morgan fingerprint density at radius 2 is 2.23 bits per heavy atom. The molecule has 0 spiro atoms. The molecule has 0 rings (SSSR count). The van der Waals surface area contributed by atoms with Crippen molar-refractivity contribution < 1.29 is 14.7 Å². The minimum Gasteiger partial charge on any atom is -0.480 e. The first kappa shape index (κ1) is 11.6. The van der Waals surface area contributed by atoms with Crippen LogP contribution in [0.15, 0.2) is 12.7 Å². The lowest BCUT2D eigenvalue weighted by Crippen LogP contribution is -2.42. The standard InChI is InChI=1S/C8H14N2O3/c1-3-4-9-5-7(11)10-6(2)8(12)13/h3,6,9H,1,4-5H2,2H3,(H,10,11)(H,12,13)/t6-/m0/s1. The van der Waals surface area contributed by atoms with Gasteiger partial charge in [-0.25, -0.2) is 0 Å². The number of carboxylic acids is 1. The summed E-state index contributed by atoms with van der Waals surface area (Å²) < 4.78 is 0. The third-order valence-electron chi connectivity index (χ3n) is 1.32. The van der Waals surface area contributed by atoms with Gasteiger partial charge in [0.05, 0.1) is 6.54 Å². The third-order valence-corrected chi connectivity index (χ3v) is 1.32. The first-order valence-electron chi connectivity index (χ1n) is 3.91. The van der Waals surface area contributed by atoms with Crippen LogP contribution in [0.25, 0.3) is 0 Å². The first-order valence-corrected chi connectivity index (χ1v) is 3.91. The summed E-state index contributed by atoms with van der Waals surface area (Å²) in [6.07, 6.45) is 1.62. The molecule has 0 aliphatic carbocycles. The Kier molecular flexibility index (Phi) is 5.54. The fourth-order valence-electron chi connectivity index (χ4n) is 0.642. The molecule has 0 radical (unpaired) electrons. The smallest absolute Gasteiger partial charge is 0.325 e. The number of amides is 1. The maximum atomic E-state index is 11.0. The molecule has 0 aliphatic heterocycles. The lowest BCUT2D eigenvalue weighted by Gasteiger charge is -2.08. The van der Waals surface area contributed by atoms with Crippen molar-refractivity contribution in [1.82, 2.24) is 10.6 Å². The fourth-order valence-corrected chi connectivity index (χ4v) is 0.642. The van der Waals surface area contributed by atoms with Crippen molar-refractivity contribution in [3.8, 4) is 0 Å². The number of hydrogen-bond donors (Lipinski definition) is 3. The SMILES string of the molecule is C=CCNCC(=O)N[C@@H](C)C(=O)O. The Balaban J connectivity index is 3.61. The molecule has 0 unspecified atom stereocenters. The van der Waals surface area contributed by atoms with Crippen LogP contribution in [0.4, 0.5) is 0 Å². The maximum Gasteiger partial charge on any atom is 0.325 e. The number of carboxylic acid groups (broad SMARTS) is 1. The Morgan fingerprint density at radius 1 is 1.62 bits per heavy atom. The average molecular weight is 186 g/mol.